The van der Waals surface area contributed by atoms with E-state index in [0.29, 0.717) is 0 Å². The number of aromatic nitrogens is 2. The SMILES string of the molecule is Fc1ccc2ccn(-c3ccccn3)c2c1. The summed E-state index contributed by atoms with van der Waals surface area (Å²) in [7, 11) is 0. The van der Waals surface area contributed by atoms with Crippen LogP contribution in [0.1, 0.15) is 0 Å². The lowest BCUT2D eigenvalue weighted by molar-refractivity contribution is 0.629. The zero-order chi connectivity index (χ0) is 11.0. The smallest absolute Gasteiger partial charge is 0.137 e. The molecule has 0 fully saturated rings. The molecule has 0 aliphatic heterocycles. The topological polar surface area (TPSA) is 17.8 Å². The Morgan fingerprint density at radius 1 is 1.06 bits per heavy atom. The number of halogens is 1. The van der Waals surface area contributed by atoms with Crippen molar-refractivity contribution >= 4 is 10.9 Å². The van der Waals surface area contributed by atoms with Crippen molar-refractivity contribution in [1.82, 2.24) is 9.55 Å². The number of rotatable bonds is 1. The fourth-order valence-corrected chi connectivity index (χ4v) is 1.80. The summed E-state index contributed by atoms with van der Waals surface area (Å²) in [5, 5.41) is 1.01. The van der Waals surface area contributed by atoms with E-state index in [1.54, 1.807) is 12.3 Å². The summed E-state index contributed by atoms with van der Waals surface area (Å²) < 4.78 is 15.0. The van der Waals surface area contributed by atoms with Crippen LogP contribution in [0.3, 0.4) is 0 Å². The number of fused-ring (bicyclic) bond motifs is 1. The molecule has 2 aromatic heterocycles. The van der Waals surface area contributed by atoms with Crippen molar-refractivity contribution in [2.45, 2.75) is 0 Å². The van der Waals surface area contributed by atoms with Crippen molar-refractivity contribution in [3.63, 3.8) is 0 Å². The van der Waals surface area contributed by atoms with Gasteiger partial charge in [-0.1, -0.05) is 6.07 Å². The van der Waals surface area contributed by atoms with E-state index in [-0.39, 0.29) is 5.82 Å². The van der Waals surface area contributed by atoms with Gasteiger partial charge in [-0.15, -0.1) is 0 Å². The second-order valence-corrected chi connectivity index (χ2v) is 3.58. The highest BCUT2D eigenvalue weighted by molar-refractivity contribution is 5.81. The second kappa shape index (κ2) is 3.45. The fraction of sp³-hybridized carbons (Fsp3) is 0. The molecule has 0 atom stereocenters. The summed E-state index contributed by atoms with van der Waals surface area (Å²) in [6, 6.07) is 12.4. The van der Waals surface area contributed by atoms with Crippen LogP contribution in [0.5, 0.6) is 0 Å². The van der Waals surface area contributed by atoms with Gasteiger partial charge in [0.25, 0.3) is 0 Å². The lowest BCUT2D eigenvalue weighted by atomic mass is 10.2. The molecule has 0 saturated heterocycles. The zero-order valence-electron chi connectivity index (χ0n) is 8.47. The van der Waals surface area contributed by atoms with Gasteiger partial charge < -0.3 is 4.57 Å². The molecule has 0 aliphatic carbocycles. The van der Waals surface area contributed by atoms with E-state index >= 15 is 0 Å². The molecule has 2 nitrogen and oxygen atoms in total. The maximum absolute atomic E-state index is 13.2. The highest BCUT2D eigenvalue weighted by atomic mass is 19.1. The number of nitrogens with zero attached hydrogens (tertiary/aromatic N) is 2. The summed E-state index contributed by atoms with van der Waals surface area (Å²) in [5.41, 5.74) is 0.832. The van der Waals surface area contributed by atoms with Crippen LogP contribution in [0.15, 0.2) is 54.9 Å². The minimum atomic E-state index is -0.233. The second-order valence-electron chi connectivity index (χ2n) is 3.58. The van der Waals surface area contributed by atoms with E-state index in [9.17, 15) is 4.39 Å². The van der Waals surface area contributed by atoms with E-state index in [1.165, 1.54) is 12.1 Å². The summed E-state index contributed by atoms with van der Waals surface area (Å²) >= 11 is 0. The van der Waals surface area contributed by atoms with Gasteiger partial charge in [-0.2, -0.15) is 0 Å². The van der Waals surface area contributed by atoms with Crippen molar-refractivity contribution in [2.75, 3.05) is 0 Å². The molecule has 3 aromatic rings. The lowest BCUT2D eigenvalue weighted by Gasteiger charge is -2.03. The van der Waals surface area contributed by atoms with Gasteiger partial charge in [-0.05, 0) is 36.4 Å². The summed E-state index contributed by atoms with van der Waals surface area (Å²) in [4.78, 5) is 4.24. The molecule has 3 heteroatoms. The first-order valence-electron chi connectivity index (χ1n) is 5.02. The molecular formula is C13H9FN2. The predicted molar refractivity (Wildman–Crippen MR) is 61.0 cm³/mol. The van der Waals surface area contributed by atoms with Gasteiger partial charge in [-0.25, -0.2) is 9.37 Å². The van der Waals surface area contributed by atoms with Crippen LogP contribution in [-0.4, -0.2) is 9.55 Å². The maximum Gasteiger partial charge on any atom is 0.137 e. The summed E-state index contributed by atoms with van der Waals surface area (Å²) in [6.07, 6.45) is 3.62. The van der Waals surface area contributed by atoms with Gasteiger partial charge >= 0.3 is 0 Å². The third-order valence-electron chi connectivity index (χ3n) is 2.55. The van der Waals surface area contributed by atoms with Crippen LogP contribution < -0.4 is 0 Å². The maximum atomic E-state index is 13.2. The van der Waals surface area contributed by atoms with Crippen LogP contribution in [-0.2, 0) is 0 Å². The third-order valence-corrected chi connectivity index (χ3v) is 2.55. The molecule has 3 rings (SSSR count). The van der Waals surface area contributed by atoms with Crippen LogP contribution in [0.2, 0.25) is 0 Å². The van der Waals surface area contributed by atoms with Gasteiger partial charge in [0.05, 0.1) is 5.52 Å². The molecule has 0 unspecified atom stereocenters. The number of hydrogen-bond acceptors (Lipinski definition) is 1. The Balaban J connectivity index is 2.29. The van der Waals surface area contributed by atoms with E-state index in [4.69, 9.17) is 0 Å². The molecule has 0 aliphatic rings. The molecule has 0 spiro atoms. The van der Waals surface area contributed by atoms with Gasteiger partial charge in [0.2, 0.25) is 0 Å². The Labute approximate surface area is 92.0 Å². The van der Waals surface area contributed by atoms with Crippen molar-refractivity contribution in [3.8, 4) is 5.82 Å². The van der Waals surface area contributed by atoms with E-state index in [2.05, 4.69) is 4.98 Å². The molecule has 1 aromatic carbocycles. The lowest BCUT2D eigenvalue weighted by Crippen LogP contribution is -1.94. The minimum Gasteiger partial charge on any atom is -0.301 e. The highest BCUT2D eigenvalue weighted by Crippen LogP contribution is 2.19. The third kappa shape index (κ3) is 1.37. The average molecular weight is 212 g/mol. The zero-order valence-corrected chi connectivity index (χ0v) is 8.47. The molecule has 2 heterocycles. The number of benzene rings is 1. The van der Waals surface area contributed by atoms with Gasteiger partial charge in [0.1, 0.15) is 11.6 Å². The molecular weight excluding hydrogens is 203 g/mol. The summed E-state index contributed by atoms with van der Waals surface area (Å²) in [6.45, 7) is 0. The van der Waals surface area contributed by atoms with Crippen molar-refractivity contribution in [3.05, 3.63) is 60.7 Å². The first-order valence-corrected chi connectivity index (χ1v) is 5.02. The van der Waals surface area contributed by atoms with Gasteiger partial charge in [0, 0.05) is 17.8 Å². The largest absolute Gasteiger partial charge is 0.301 e. The Morgan fingerprint density at radius 3 is 2.81 bits per heavy atom. The number of hydrogen-bond donors (Lipinski definition) is 0. The monoisotopic (exact) mass is 212 g/mol. The quantitative estimate of drug-likeness (QED) is 0.605. The van der Waals surface area contributed by atoms with E-state index in [1.807, 2.05) is 35.0 Å². The molecule has 0 saturated carbocycles. The van der Waals surface area contributed by atoms with Crippen LogP contribution >= 0.6 is 0 Å². The first-order chi connectivity index (χ1) is 7.84. The normalized spacial score (nSPS) is 10.8. The molecule has 16 heavy (non-hydrogen) atoms. The Hall–Kier alpha value is -2.16. The van der Waals surface area contributed by atoms with Crippen LogP contribution in [0, 0.1) is 5.82 Å². The molecule has 0 bridgehead atoms. The van der Waals surface area contributed by atoms with Crippen molar-refractivity contribution in [1.29, 1.82) is 0 Å². The molecule has 78 valence electrons. The van der Waals surface area contributed by atoms with E-state index in [0.717, 1.165) is 16.7 Å². The fourth-order valence-electron chi connectivity index (χ4n) is 1.80. The van der Waals surface area contributed by atoms with Crippen LogP contribution in [0.25, 0.3) is 16.7 Å². The number of pyridine rings is 1. The first kappa shape index (κ1) is 9.09. The molecule has 0 radical (unpaired) electrons. The van der Waals surface area contributed by atoms with Crippen LogP contribution in [0.4, 0.5) is 4.39 Å². The van der Waals surface area contributed by atoms with Crippen molar-refractivity contribution in [2.24, 2.45) is 0 Å². The Bertz CT molecular complexity index is 629. The Kier molecular flexibility index (Phi) is 1.96. The standard InChI is InChI=1S/C13H9FN2/c14-11-5-4-10-6-8-16(12(10)9-11)13-3-1-2-7-15-13/h1-9H. The summed E-state index contributed by atoms with van der Waals surface area (Å²) in [5.74, 6) is 0.562. The predicted octanol–water partition coefficient (Wildman–Crippen LogP) is 3.16. The minimum absolute atomic E-state index is 0.233. The van der Waals surface area contributed by atoms with Gasteiger partial charge in [0.15, 0.2) is 0 Å². The highest BCUT2D eigenvalue weighted by Gasteiger charge is 2.04. The van der Waals surface area contributed by atoms with E-state index < -0.39 is 0 Å². The Morgan fingerprint density at radius 2 is 2.00 bits per heavy atom. The average Bonchev–Trinajstić information content (AvgIpc) is 2.73. The van der Waals surface area contributed by atoms with Crippen molar-refractivity contribution < 1.29 is 4.39 Å². The molecule has 0 N–H and O–H groups in total. The molecule has 0 amide bonds. The van der Waals surface area contributed by atoms with Gasteiger partial charge in [-0.3, -0.25) is 0 Å².